The van der Waals surface area contributed by atoms with E-state index in [1.54, 1.807) is 0 Å². The van der Waals surface area contributed by atoms with Crippen LogP contribution in [0, 0.1) is 10.8 Å². The number of hydrogen-bond acceptors (Lipinski definition) is 1. The summed E-state index contributed by atoms with van der Waals surface area (Å²) >= 11 is 4.00. The molecule has 0 aromatic heterocycles. The Bertz CT molecular complexity index is 252. The van der Waals surface area contributed by atoms with E-state index >= 15 is 0 Å². The molecule has 0 aliphatic rings. The molecule has 114 valence electrons. The minimum Gasteiger partial charge on any atom is -0.179 e. The molecule has 0 aliphatic heterocycles. The fourth-order valence-electron chi connectivity index (χ4n) is 0.908. The largest absolute Gasteiger partial charge is 0.179 e. The van der Waals surface area contributed by atoms with Crippen molar-refractivity contribution in [3.8, 4) is 0 Å². The van der Waals surface area contributed by atoms with Gasteiger partial charge in [0.15, 0.2) is 0 Å². The van der Waals surface area contributed by atoms with Gasteiger partial charge in [-0.1, -0.05) is 78.2 Å². The molecule has 0 aromatic rings. The molecule has 0 saturated carbocycles. The first-order valence-corrected chi connectivity index (χ1v) is 8.07. The van der Waals surface area contributed by atoms with E-state index in [1.165, 1.54) is 24.0 Å². The van der Waals surface area contributed by atoms with E-state index in [0.717, 1.165) is 5.75 Å². The van der Waals surface area contributed by atoms with Crippen molar-refractivity contribution in [2.24, 2.45) is 10.8 Å². The number of hydrogen-bond donors (Lipinski definition) is 1. The highest BCUT2D eigenvalue weighted by atomic mass is 32.1. The van der Waals surface area contributed by atoms with Crippen molar-refractivity contribution in [2.45, 2.75) is 75.2 Å². The predicted octanol–water partition coefficient (Wildman–Crippen LogP) is 6.69. The minimum absolute atomic E-state index is 0.286. The van der Waals surface area contributed by atoms with E-state index in [9.17, 15) is 0 Å². The zero-order chi connectivity index (χ0) is 15.7. The van der Waals surface area contributed by atoms with Crippen LogP contribution in [-0.4, -0.2) is 5.75 Å². The molecule has 0 saturated heterocycles. The van der Waals surface area contributed by atoms with Gasteiger partial charge in [-0.2, -0.15) is 12.6 Å². The Hall–Kier alpha value is -0.170. The third-order valence-electron chi connectivity index (χ3n) is 3.46. The molecular formula is C18H36S. The molecule has 0 nitrogen and oxygen atoms in total. The third-order valence-corrected chi connectivity index (χ3v) is 3.78. The lowest BCUT2D eigenvalue weighted by Gasteiger charge is -2.21. The topological polar surface area (TPSA) is 0 Å². The van der Waals surface area contributed by atoms with Gasteiger partial charge in [-0.3, -0.25) is 0 Å². The lowest BCUT2D eigenvalue weighted by molar-refractivity contribution is 0.498. The van der Waals surface area contributed by atoms with E-state index in [2.05, 4.69) is 87.1 Å². The van der Waals surface area contributed by atoms with Crippen LogP contribution in [0.3, 0.4) is 0 Å². The standard InChI is InChI=1S/C14H26.C4H10S/c1-11(13(3,4)5)9-10-12(2)14(6,7)8;1-2-3-4-5/h9-10H,1-8H3;5H,2-4H2,1H3/b11-9+,12-10+;. The summed E-state index contributed by atoms with van der Waals surface area (Å²) in [5.74, 6) is 1.04. The second kappa shape index (κ2) is 9.69. The maximum Gasteiger partial charge on any atom is -0.00980 e. The van der Waals surface area contributed by atoms with Gasteiger partial charge in [0, 0.05) is 0 Å². The zero-order valence-corrected chi connectivity index (χ0v) is 15.6. The molecule has 0 aliphatic carbocycles. The smallest absolute Gasteiger partial charge is 0.00980 e. The summed E-state index contributed by atoms with van der Waals surface area (Å²) in [6.07, 6.45) is 7.02. The van der Waals surface area contributed by atoms with Crippen molar-refractivity contribution in [1.29, 1.82) is 0 Å². The third kappa shape index (κ3) is 12.6. The van der Waals surface area contributed by atoms with Crippen LogP contribution >= 0.6 is 12.6 Å². The number of rotatable bonds is 3. The highest BCUT2D eigenvalue weighted by Gasteiger charge is 2.13. The summed E-state index contributed by atoms with van der Waals surface area (Å²) in [7, 11) is 0. The molecule has 19 heavy (non-hydrogen) atoms. The summed E-state index contributed by atoms with van der Waals surface area (Å²) in [5.41, 5.74) is 3.44. The van der Waals surface area contributed by atoms with Crippen LogP contribution in [0.25, 0.3) is 0 Å². The number of allylic oxidation sites excluding steroid dienone is 4. The van der Waals surface area contributed by atoms with Gasteiger partial charge < -0.3 is 0 Å². The molecule has 0 unspecified atom stereocenters. The first kappa shape index (κ1) is 21.1. The summed E-state index contributed by atoms with van der Waals surface area (Å²) in [5, 5.41) is 0. The van der Waals surface area contributed by atoms with Crippen molar-refractivity contribution in [1.82, 2.24) is 0 Å². The highest BCUT2D eigenvalue weighted by molar-refractivity contribution is 7.80. The fraction of sp³-hybridized carbons (Fsp3) is 0.778. The van der Waals surface area contributed by atoms with Gasteiger partial charge in [0.1, 0.15) is 0 Å². The Labute approximate surface area is 128 Å². The van der Waals surface area contributed by atoms with E-state index in [0.29, 0.717) is 0 Å². The van der Waals surface area contributed by atoms with E-state index in [1.807, 2.05) is 0 Å². The number of unbranched alkanes of at least 4 members (excludes halogenated alkanes) is 1. The summed E-state index contributed by atoms with van der Waals surface area (Å²) < 4.78 is 0. The predicted molar refractivity (Wildman–Crippen MR) is 95.2 cm³/mol. The Balaban J connectivity index is 0. The van der Waals surface area contributed by atoms with Crippen LogP contribution in [0.4, 0.5) is 0 Å². The molecule has 0 aromatic carbocycles. The van der Waals surface area contributed by atoms with Crippen LogP contribution in [0.1, 0.15) is 75.2 Å². The Morgan fingerprint density at radius 1 is 0.842 bits per heavy atom. The van der Waals surface area contributed by atoms with Gasteiger partial charge in [-0.25, -0.2) is 0 Å². The van der Waals surface area contributed by atoms with Crippen LogP contribution < -0.4 is 0 Å². The lowest BCUT2D eigenvalue weighted by atomic mass is 9.85. The summed E-state index contributed by atoms with van der Waals surface area (Å²) in [6.45, 7) is 20.1. The molecule has 0 radical (unpaired) electrons. The second-order valence-electron chi connectivity index (χ2n) is 7.28. The van der Waals surface area contributed by atoms with E-state index in [-0.39, 0.29) is 10.8 Å². The van der Waals surface area contributed by atoms with Crippen molar-refractivity contribution < 1.29 is 0 Å². The first-order valence-electron chi connectivity index (χ1n) is 7.43. The molecule has 1 heteroatoms. The SMILES string of the molecule is C/C(=C\C=C(/C)C(C)(C)C)C(C)(C)C.CCCCS. The van der Waals surface area contributed by atoms with Gasteiger partial charge in [-0.15, -0.1) is 0 Å². The zero-order valence-electron chi connectivity index (χ0n) is 14.7. The molecule has 0 N–H and O–H groups in total. The minimum atomic E-state index is 0.286. The summed E-state index contributed by atoms with van der Waals surface area (Å²) in [6, 6.07) is 0. The van der Waals surface area contributed by atoms with Crippen LogP contribution in [0.5, 0.6) is 0 Å². The van der Waals surface area contributed by atoms with Crippen molar-refractivity contribution in [3.63, 3.8) is 0 Å². The Morgan fingerprint density at radius 3 is 1.26 bits per heavy atom. The molecular weight excluding hydrogens is 248 g/mol. The van der Waals surface area contributed by atoms with E-state index in [4.69, 9.17) is 0 Å². The average molecular weight is 285 g/mol. The quantitative estimate of drug-likeness (QED) is 0.433. The molecule has 0 heterocycles. The summed E-state index contributed by atoms with van der Waals surface area (Å²) in [4.78, 5) is 0. The monoisotopic (exact) mass is 284 g/mol. The van der Waals surface area contributed by atoms with E-state index < -0.39 is 0 Å². The fourth-order valence-corrected chi connectivity index (χ4v) is 1.22. The van der Waals surface area contributed by atoms with Gasteiger partial charge in [0.25, 0.3) is 0 Å². The first-order chi connectivity index (χ1) is 8.46. The molecule has 0 atom stereocenters. The van der Waals surface area contributed by atoms with Gasteiger partial charge in [0.2, 0.25) is 0 Å². The lowest BCUT2D eigenvalue weighted by Crippen LogP contribution is -2.08. The highest BCUT2D eigenvalue weighted by Crippen LogP contribution is 2.27. The van der Waals surface area contributed by atoms with Crippen molar-refractivity contribution in [3.05, 3.63) is 23.3 Å². The van der Waals surface area contributed by atoms with Crippen molar-refractivity contribution in [2.75, 3.05) is 5.75 Å². The average Bonchev–Trinajstić information content (AvgIpc) is 2.24. The molecule has 0 fully saturated rings. The normalized spacial score (nSPS) is 14.0. The maximum atomic E-state index is 4.00. The van der Waals surface area contributed by atoms with Crippen molar-refractivity contribution >= 4 is 12.6 Å². The molecule has 0 spiro atoms. The molecule has 0 amide bonds. The van der Waals surface area contributed by atoms with Crippen LogP contribution in [0.15, 0.2) is 23.3 Å². The van der Waals surface area contributed by atoms with Gasteiger partial charge in [0.05, 0.1) is 0 Å². The van der Waals surface area contributed by atoms with Crippen LogP contribution in [0.2, 0.25) is 0 Å². The second-order valence-corrected chi connectivity index (χ2v) is 7.72. The van der Waals surface area contributed by atoms with Gasteiger partial charge in [-0.05, 0) is 36.9 Å². The number of thiol groups is 1. The molecule has 0 rings (SSSR count). The Morgan fingerprint density at radius 2 is 1.16 bits per heavy atom. The maximum absolute atomic E-state index is 4.00. The Kier molecular flexibility index (Phi) is 10.8. The van der Waals surface area contributed by atoms with Crippen LogP contribution in [-0.2, 0) is 0 Å². The molecule has 0 bridgehead atoms. The van der Waals surface area contributed by atoms with Gasteiger partial charge >= 0.3 is 0 Å².